The van der Waals surface area contributed by atoms with Crippen LogP contribution in [0, 0.1) is 5.92 Å². The highest BCUT2D eigenvalue weighted by atomic mass is 16.2. The molecule has 0 radical (unpaired) electrons. The molecule has 0 aromatic heterocycles. The van der Waals surface area contributed by atoms with Crippen LogP contribution in [-0.4, -0.2) is 48.4 Å². The van der Waals surface area contributed by atoms with Gasteiger partial charge in [-0.25, -0.2) is 0 Å². The second-order valence-electron chi connectivity index (χ2n) is 6.07. The standard InChI is InChI=1S/C14H23N3O2/c18-13-4-3-12(16-13)14(19)17(11-1-2-11)9-10-5-7-15-8-6-10/h10-12,15H,1-9H2,(H,16,18)/t12-/m0/s1. The number of carbonyl (C=O) groups excluding carboxylic acids is 2. The maximum atomic E-state index is 12.5. The van der Waals surface area contributed by atoms with Crippen LogP contribution in [0.3, 0.4) is 0 Å². The first-order valence-corrected chi connectivity index (χ1v) is 7.54. The van der Waals surface area contributed by atoms with Gasteiger partial charge < -0.3 is 15.5 Å². The maximum absolute atomic E-state index is 12.5. The zero-order chi connectivity index (χ0) is 13.2. The third kappa shape index (κ3) is 3.08. The van der Waals surface area contributed by atoms with Crippen LogP contribution in [0.2, 0.25) is 0 Å². The lowest BCUT2D eigenvalue weighted by Crippen LogP contribution is -2.48. The van der Waals surface area contributed by atoms with Crippen molar-refractivity contribution in [2.75, 3.05) is 19.6 Å². The van der Waals surface area contributed by atoms with Crippen LogP contribution in [-0.2, 0) is 9.59 Å². The number of carbonyl (C=O) groups is 2. The average Bonchev–Trinajstić information content (AvgIpc) is 3.18. The molecule has 2 N–H and O–H groups in total. The summed E-state index contributed by atoms with van der Waals surface area (Å²) >= 11 is 0. The third-order valence-electron chi connectivity index (χ3n) is 4.48. The van der Waals surface area contributed by atoms with E-state index in [1.807, 2.05) is 0 Å². The van der Waals surface area contributed by atoms with Gasteiger partial charge in [-0.1, -0.05) is 0 Å². The van der Waals surface area contributed by atoms with Crippen LogP contribution >= 0.6 is 0 Å². The Bertz CT molecular complexity index is 362. The fourth-order valence-electron chi connectivity index (χ4n) is 3.15. The molecule has 1 atom stereocenters. The molecule has 0 aromatic carbocycles. The molecule has 1 saturated carbocycles. The minimum Gasteiger partial charge on any atom is -0.344 e. The van der Waals surface area contributed by atoms with Gasteiger partial charge in [-0.2, -0.15) is 0 Å². The molecule has 3 rings (SSSR count). The van der Waals surface area contributed by atoms with Crippen LogP contribution in [0.1, 0.15) is 38.5 Å². The monoisotopic (exact) mass is 265 g/mol. The molecule has 2 aliphatic heterocycles. The van der Waals surface area contributed by atoms with Crippen molar-refractivity contribution in [2.45, 2.75) is 50.6 Å². The Kier molecular flexibility index (Phi) is 3.73. The molecule has 2 heterocycles. The Morgan fingerprint density at radius 1 is 1.16 bits per heavy atom. The smallest absolute Gasteiger partial charge is 0.245 e. The molecule has 0 bridgehead atoms. The first kappa shape index (κ1) is 12.9. The Morgan fingerprint density at radius 3 is 2.47 bits per heavy atom. The summed E-state index contributed by atoms with van der Waals surface area (Å²) in [7, 11) is 0. The largest absolute Gasteiger partial charge is 0.344 e. The predicted molar refractivity (Wildman–Crippen MR) is 71.5 cm³/mol. The number of rotatable bonds is 4. The molecule has 106 valence electrons. The number of hydrogen-bond donors (Lipinski definition) is 2. The summed E-state index contributed by atoms with van der Waals surface area (Å²) in [5, 5.41) is 6.17. The zero-order valence-corrected chi connectivity index (χ0v) is 11.4. The summed E-state index contributed by atoms with van der Waals surface area (Å²) in [4.78, 5) is 25.9. The Balaban J connectivity index is 1.60. The summed E-state index contributed by atoms with van der Waals surface area (Å²) in [6.07, 6.45) is 5.77. The molecule has 3 fully saturated rings. The second kappa shape index (κ2) is 5.49. The van der Waals surface area contributed by atoms with Crippen molar-refractivity contribution in [1.29, 1.82) is 0 Å². The number of amides is 2. The van der Waals surface area contributed by atoms with Crippen LogP contribution in [0.5, 0.6) is 0 Å². The Hall–Kier alpha value is -1.10. The highest BCUT2D eigenvalue weighted by molar-refractivity contribution is 5.91. The molecule has 5 heteroatoms. The Morgan fingerprint density at radius 2 is 1.89 bits per heavy atom. The van der Waals surface area contributed by atoms with E-state index in [9.17, 15) is 9.59 Å². The highest BCUT2D eigenvalue weighted by Crippen LogP contribution is 2.30. The lowest BCUT2D eigenvalue weighted by atomic mass is 9.97. The van der Waals surface area contributed by atoms with Gasteiger partial charge in [-0.15, -0.1) is 0 Å². The van der Waals surface area contributed by atoms with Crippen molar-refractivity contribution in [3.8, 4) is 0 Å². The first-order valence-electron chi connectivity index (χ1n) is 7.54. The van der Waals surface area contributed by atoms with Gasteiger partial charge in [0.25, 0.3) is 0 Å². The zero-order valence-electron chi connectivity index (χ0n) is 11.4. The van der Waals surface area contributed by atoms with Gasteiger partial charge in [0.15, 0.2) is 0 Å². The molecule has 0 unspecified atom stereocenters. The van der Waals surface area contributed by atoms with Crippen molar-refractivity contribution in [3.05, 3.63) is 0 Å². The molecule has 5 nitrogen and oxygen atoms in total. The maximum Gasteiger partial charge on any atom is 0.245 e. The topological polar surface area (TPSA) is 61.4 Å². The molecule has 19 heavy (non-hydrogen) atoms. The average molecular weight is 265 g/mol. The molecule has 0 spiro atoms. The van der Waals surface area contributed by atoms with Crippen LogP contribution < -0.4 is 10.6 Å². The number of nitrogens with zero attached hydrogens (tertiary/aromatic N) is 1. The van der Waals surface area contributed by atoms with Gasteiger partial charge in [0.05, 0.1) is 0 Å². The van der Waals surface area contributed by atoms with E-state index >= 15 is 0 Å². The second-order valence-corrected chi connectivity index (χ2v) is 6.07. The van der Waals surface area contributed by atoms with Gasteiger partial charge in [0, 0.05) is 19.0 Å². The Labute approximate surface area is 114 Å². The summed E-state index contributed by atoms with van der Waals surface area (Å²) in [5.41, 5.74) is 0. The van der Waals surface area contributed by atoms with Gasteiger partial charge in [-0.05, 0) is 51.1 Å². The van der Waals surface area contributed by atoms with Crippen molar-refractivity contribution in [3.63, 3.8) is 0 Å². The SMILES string of the molecule is O=C1CC[C@@H](C(=O)N(CC2CCNCC2)C2CC2)N1. The minimum absolute atomic E-state index is 0.0240. The van der Waals surface area contributed by atoms with E-state index in [-0.39, 0.29) is 17.9 Å². The van der Waals surface area contributed by atoms with E-state index in [0.717, 1.165) is 45.3 Å². The number of nitrogens with one attached hydrogen (secondary N) is 2. The number of piperidine rings is 1. The quantitative estimate of drug-likeness (QED) is 0.766. The number of hydrogen-bond acceptors (Lipinski definition) is 3. The van der Waals surface area contributed by atoms with Crippen molar-refractivity contribution in [1.82, 2.24) is 15.5 Å². The lowest BCUT2D eigenvalue weighted by molar-refractivity contribution is -0.135. The fraction of sp³-hybridized carbons (Fsp3) is 0.857. The van der Waals surface area contributed by atoms with Gasteiger partial charge in [0.1, 0.15) is 6.04 Å². The molecular formula is C14H23N3O2. The van der Waals surface area contributed by atoms with Gasteiger partial charge in [-0.3, -0.25) is 9.59 Å². The third-order valence-corrected chi connectivity index (χ3v) is 4.48. The highest BCUT2D eigenvalue weighted by Gasteiger charge is 2.39. The molecule has 2 amide bonds. The van der Waals surface area contributed by atoms with Crippen molar-refractivity contribution in [2.24, 2.45) is 5.92 Å². The van der Waals surface area contributed by atoms with E-state index in [4.69, 9.17) is 0 Å². The normalized spacial score (nSPS) is 28.2. The fourth-order valence-corrected chi connectivity index (χ4v) is 3.15. The lowest BCUT2D eigenvalue weighted by Gasteiger charge is -2.31. The summed E-state index contributed by atoms with van der Waals surface area (Å²) in [6, 6.07) is 0.190. The van der Waals surface area contributed by atoms with E-state index < -0.39 is 0 Å². The predicted octanol–water partition coefficient (Wildman–Crippen LogP) is 0.256. The van der Waals surface area contributed by atoms with E-state index in [2.05, 4.69) is 15.5 Å². The summed E-state index contributed by atoms with van der Waals surface area (Å²) in [5.74, 6) is 0.811. The van der Waals surface area contributed by atoms with Gasteiger partial charge in [0.2, 0.25) is 11.8 Å². The van der Waals surface area contributed by atoms with E-state index in [0.29, 0.717) is 24.8 Å². The summed E-state index contributed by atoms with van der Waals surface area (Å²) in [6.45, 7) is 3.02. The van der Waals surface area contributed by atoms with Crippen LogP contribution in [0.4, 0.5) is 0 Å². The molecular weight excluding hydrogens is 242 g/mol. The van der Waals surface area contributed by atoms with E-state index in [1.165, 1.54) is 0 Å². The molecule has 1 aliphatic carbocycles. The molecule has 0 aromatic rings. The van der Waals surface area contributed by atoms with Crippen LogP contribution in [0.15, 0.2) is 0 Å². The summed E-state index contributed by atoms with van der Waals surface area (Å²) < 4.78 is 0. The van der Waals surface area contributed by atoms with Crippen molar-refractivity contribution >= 4 is 11.8 Å². The van der Waals surface area contributed by atoms with Crippen LogP contribution in [0.25, 0.3) is 0 Å². The minimum atomic E-state index is -0.255. The first-order chi connectivity index (χ1) is 9.24. The van der Waals surface area contributed by atoms with E-state index in [1.54, 1.807) is 0 Å². The molecule has 2 saturated heterocycles. The molecule has 3 aliphatic rings. The van der Waals surface area contributed by atoms with Gasteiger partial charge >= 0.3 is 0 Å². The van der Waals surface area contributed by atoms with Crippen molar-refractivity contribution < 1.29 is 9.59 Å².